The monoisotopic (exact) mass is 517 g/mol. The van der Waals surface area contributed by atoms with Gasteiger partial charge in [-0.3, -0.25) is 4.79 Å². The van der Waals surface area contributed by atoms with Crippen LogP contribution in [-0.2, 0) is 22.4 Å². The van der Waals surface area contributed by atoms with Gasteiger partial charge in [-0.15, -0.1) is 0 Å². The second-order valence-electron chi connectivity index (χ2n) is 11.6. The summed E-state index contributed by atoms with van der Waals surface area (Å²) in [6.45, 7) is 9.10. The van der Waals surface area contributed by atoms with Crippen LogP contribution >= 0.6 is 0 Å². The molecule has 0 radical (unpaired) electrons. The minimum atomic E-state index is -1.01. The van der Waals surface area contributed by atoms with Gasteiger partial charge in [0.15, 0.2) is 0 Å². The number of aliphatic hydroxyl groups excluding tert-OH is 1. The Bertz CT molecular complexity index is 1090. The summed E-state index contributed by atoms with van der Waals surface area (Å²) in [4.78, 5) is 16.5. The third kappa shape index (κ3) is 7.24. The van der Waals surface area contributed by atoms with Crippen LogP contribution in [0.4, 0.5) is 8.78 Å². The van der Waals surface area contributed by atoms with Crippen LogP contribution in [0.3, 0.4) is 0 Å². The molecule has 9 heteroatoms. The molecule has 3 heterocycles. The molecule has 7 nitrogen and oxygen atoms in total. The Morgan fingerprint density at radius 2 is 1.95 bits per heavy atom. The topological polar surface area (TPSA) is 92.7 Å². The Labute approximate surface area is 217 Å². The molecule has 3 N–H and O–H groups in total. The van der Waals surface area contributed by atoms with E-state index in [4.69, 9.17) is 9.47 Å². The molecule has 0 saturated carbocycles. The SMILES string of the molecule is CC(=O)N[C@@H](Cc1cc(F)cc(F)c1)[C@H](O)CN[C@H]1C[C@]2(CCOC2)Oc2ncc(CC(C)(C)C)cc21. The molecular weight excluding hydrogens is 480 g/mol. The predicted molar refractivity (Wildman–Crippen MR) is 135 cm³/mol. The first-order chi connectivity index (χ1) is 17.4. The van der Waals surface area contributed by atoms with Crippen molar-refractivity contribution in [1.29, 1.82) is 0 Å². The number of benzene rings is 1. The lowest BCUT2D eigenvalue weighted by molar-refractivity contribution is -0.120. The number of halogens is 2. The first-order valence-corrected chi connectivity index (χ1v) is 12.8. The lowest BCUT2D eigenvalue weighted by Crippen LogP contribution is -2.50. The van der Waals surface area contributed by atoms with Gasteiger partial charge in [0.25, 0.3) is 0 Å². The number of aromatic nitrogens is 1. The Balaban J connectivity index is 1.53. The second-order valence-corrected chi connectivity index (χ2v) is 11.6. The van der Waals surface area contributed by atoms with Crippen molar-refractivity contribution in [2.45, 2.75) is 77.2 Å². The number of amides is 1. The van der Waals surface area contributed by atoms with Gasteiger partial charge in [-0.25, -0.2) is 13.8 Å². The van der Waals surface area contributed by atoms with E-state index in [0.29, 0.717) is 31.1 Å². The first kappa shape index (κ1) is 27.4. The van der Waals surface area contributed by atoms with Crippen molar-refractivity contribution < 1.29 is 28.2 Å². The standard InChI is InChI=1S/C28H37F2N3O4/c1-17(34)33-23(10-18-7-20(29)11-21(30)8-18)25(35)15-31-24-13-28(5-6-36-16-28)37-26-22(24)9-19(14-32-26)12-27(2,3)4/h7-9,11,14,23-25,31,35H,5-6,10,12-13,15-16H2,1-4H3,(H,33,34)/t23-,24-,25+,28-/m0/s1. The fourth-order valence-electron chi connectivity index (χ4n) is 5.23. The molecule has 1 spiro atoms. The molecule has 2 aromatic rings. The fraction of sp³-hybridized carbons (Fsp3) is 0.571. The highest BCUT2D eigenvalue weighted by atomic mass is 19.1. The predicted octanol–water partition coefficient (Wildman–Crippen LogP) is 3.63. The van der Waals surface area contributed by atoms with Gasteiger partial charge in [-0.1, -0.05) is 20.8 Å². The van der Waals surface area contributed by atoms with Crippen LogP contribution in [0.2, 0.25) is 0 Å². The van der Waals surface area contributed by atoms with E-state index in [1.54, 1.807) is 0 Å². The molecule has 1 aromatic carbocycles. The van der Waals surface area contributed by atoms with Crippen molar-refractivity contribution in [3.05, 3.63) is 58.8 Å². The van der Waals surface area contributed by atoms with Crippen LogP contribution in [0.25, 0.3) is 0 Å². The zero-order valence-corrected chi connectivity index (χ0v) is 21.9. The van der Waals surface area contributed by atoms with Crippen molar-refractivity contribution >= 4 is 5.91 Å². The molecule has 1 saturated heterocycles. The summed E-state index contributed by atoms with van der Waals surface area (Å²) in [5, 5.41) is 17.2. The number of carbonyl (C=O) groups is 1. The summed E-state index contributed by atoms with van der Waals surface area (Å²) in [5.74, 6) is -1.18. The summed E-state index contributed by atoms with van der Waals surface area (Å²) in [6.07, 6.45) is 3.17. The highest BCUT2D eigenvalue weighted by Crippen LogP contribution is 2.42. The molecule has 4 rings (SSSR count). The van der Waals surface area contributed by atoms with Gasteiger partial charge in [0.05, 0.1) is 25.4 Å². The molecule has 1 amide bonds. The van der Waals surface area contributed by atoms with Crippen molar-refractivity contribution in [3.8, 4) is 5.88 Å². The van der Waals surface area contributed by atoms with Crippen molar-refractivity contribution in [2.75, 3.05) is 19.8 Å². The lowest BCUT2D eigenvalue weighted by Gasteiger charge is -2.39. The number of ether oxygens (including phenoxy) is 2. The highest BCUT2D eigenvalue weighted by Gasteiger charge is 2.45. The number of aliphatic hydroxyl groups is 1. The molecule has 1 fully saturated rings. The maximum atomic E-state index is 13.7. The molecule has 2 aliphatic rings. The van der Waals surface area contributed by atoms with E-state index in [0.717, 1.165) is 30.0 Å². The summed E-state index contributed by atoms with van der Waals surface area (Å²) < 4.78 is 39.4. The van der Waals surface area contributed by atoms with Gasteiger partial charge >= 0.3 is 0 Å². The maximum Gasteiger partial charge on any atom is 0.218 e. The van der Waals surface area contributed by atoms with Crippen molar-refractivity contribution in [3.63, 3.8) is 0 Å². The molecule has 2 aliphatic heterocycles. The quantitative estimate of drug-likeness (QED) is 0.495. The third-order valence-corrected chi connectivity index (χ3v) is 6.81. The largest absolute Gasteiger partial charge is 0.468 e. The molecule has 0 bridgehead atoms. The number of nitrogens with one attached hydrogen (secondary N) is 2. The van der Waals surface area contributed by atoms with E-state index in [1.807, 2.05) is 6.20 Å². The third-order valence-electron chi connectivity index (χ3n) is 6.81. The summed E-state index contributed by atoms with van der Waals surface area (Å²) in [5.41, 5.74) is 1.99. The second kappa shape index (κ2) is 11.0. The zero-order valence-electron chi connectivity index (χ0n) is 21.9. The van der Waals surface area contributed by atoms with Crippen LogP contribution in [0.15, 0.2) is 30.5 Å². The van der Waals surface area contributed by atoms with E-state index < -0.39 is 29.4 Å². The lowest BCUT2D eigenvalue weighted by atomic mass is 9.85. The van der Waals surface area contributed by atoms with E-state index in [-0.39, 0.29) is 30.3 Å². The molecule has 202 valence electrons. The number of nitrogens with zero attached hydrogens (tertiary/aromatic N) is 1. The van der Waals surface area contributed by atoms with Gasteiger partial charge in [-0.2, -0.15) is 0 Å². The molecule has 0 unspecified atom stereocenters. The number of rotatable bonds is 8. The Kier molecular flexibility index (Phi) is 8.16. The maximum absolute atomic E-state index is 13.7. The van der Waals surface area contributed by atoms with E-state index in [2.05, 4.69) is 42.5 Å². The van der Waals surface area contributed by atoms with E-state index >= 15 is 0 Å². The van der Waals surface area contributed by atoms with Gasteiger partial charge in [0, 0.05) is 50.2 Å². The Morgan fingerprint density at radius 1 is 1.22 bits per heavy atom. The van der Waals surface area contributed by atoms with Crippen LogP contribution in [-0.4, -0.2) is 53.5 Å². The van der Waals surface area contributed by atoms with E-state index in [9.17, 15) is 18.7 Å². The zero-order chi connectivity index (χ0) is 26.8. The summed E-state index contributed by atoms with van der Waals surface area (Å²) in [7, 11) is 0. The molecule has 4 atom stereocenters. The number of pyridine rings is 1. The van der Waals surface area contributed by atoms with Crippen molar-refractivity contribution in [2.24, 2.45) is 5.41 Å². The van der Waals surface area contributed by atoms with E-state index in [1.165, 1.54) is 19.1 Å². The van der Waals surface area contributed by atoms with Crippen LogP contribution < -0.4 is 15.4 Å². The molecule has 0 aliphatic carbocycles. The number of fused-ring (bicyclic) bond motifs is 1. The average Bonchev–Trinajstić information content (AvgIpc) is 3.22. The smallest absolute Gasteiger partial charge is 0.218 e. The molecule has 37 heavy (non-hydrogen) atoms. The average molecular weight is 518 g/mol. The Morgan fingerprint density at radius 3 is 2.57 bits per heavy atom. The van der Waals surface area contributed by atoms with Gasteiger partial charge in [0.2, 0.25) is 11.8 Å². The van der Waals surface area contributed by atoms with Gasteiger partial charge < -0.3 is 25.2 Å². The van der Waals surface area contributed by atoms with Gasteiger partial charge in [-0.05, 0) is 47.6 Å². The van der Waals surface area contributed by atoms with Crippen LogP contribution in [0, 0.1) is 17.0 Å². The molecular formula is C28H37F2N3O4. The van der Waals surface area contributed by atoms with Gasteiger partial charge in [0.1, 0.15) is 17.2 Å². The van der Waals surface area contributed by atoms with Crippen LogP contribution in [0.5, 0.6) is 5.88 Å². The number of hydrogen-bond donors (Lipinski definition) is 3. The van der Waals surface area contributed by atoms with Crippen molar-refractivity contribution in [1.82, 2.24) is 15.6 Å². The minimum Gasteiger partial charge on any atom is -0.468 e. The minimum absolute atomic E-state index is 0.0799. The number of carbonyl (C=O) groups excluding carboxylic acids is 1. The number of hydrogen-bond acceptors (Lipinski definition) is 6. The van der Waals surface area contributed by atoms with Crippen LogP contribution in [0.1, 0.15) is 63.3 Å². The normalized spacial score (nSPS) is 22.8. The summed E-state index contributed by atoms with van der Waals surface area (Å²) >= 11 is 0. The molecule has 1 aromatic heterocycles. The Hall–Kier alpha value is -2.62. The first-order valence-electron chi connectivity index (χ1n) is 12.8. The summed E-state index contributed by atoms with van der Waals surface area (Å²) in [6, 6.07) is 4.43. The highest BCUT2D eigenvalue weighted by molar-refractivity contribution is 5.73. The fourth-order valence-corrected chi connectivity index (χ4v) is 5.23.